The number of ether oxygens (including phenoxy) is 1. The Kier molecular flexibility index (Phi) is 5.51. The molecule has 0 aromatic heterocycles. The Labute approximate surface area is 124 Å². The van der Waals surface area contributed by atoms with E-state index in [1.54, 1.807) is 0 Å². The van der Waals surface area contributed by atoms with Gasteiger partial charge in [-0.15, -0.1) is 0 Å². The van der Waals surface area contributed by atoms with Gasteiger partial charge in [0.1, 0.15) is 5.75 Å². The lowest BCUT2D eigenvalue weighted by Crippen LogP contribution is -2.31. The molecule has 0 saturated heterocycles. The minimum absolute atomic E-state index is 0.0627. The van der Waals surface area contributed by atoms with Gasteiger partial charge in [0.05, 0.1) is 0 Å². The number of benzene rings is 1. The summed E-state index contributed by atoms with van der Waals surface area (Å²) in [5.74, 6) is 1.40. The van der Waals surface area contributed by atoms with Crippen LogP contribution in [0.1, 0.15) is 26.3 Å². The maximum atomic E-state index is 11.7. The first-order chi connectivity index (χ1) is 9.08. The molecule has 3 nitrogen and oxygen atoms in total. The Morgan fingerprint density at radius 2 is 1.70 bits per heavy atom. The predicted octanol–water partition coefficient (Wildman–Crippen LogP) is 3.13. The van der Waals surface area contributed by atoms with E-state index in [9.17, 15) is 4.79 Å². The zero-order valence-corrected chi connectivity index (χ0v) is 14.3. The van der Waals surface area contributed by atoms with Crippen molar-refractivity contribution in [3.8, 4) is 5.75 Å². The third-order valence-electron chi connectivity index (χ3n) is 2.79. The van der Waals surface area contributed by atoms with Crippen molar-refractivity contribution in [3.05, 3.63) is 29.8 Å². The summed E-state index contributed by atoms with van der Waals surface area (Å²) in [6.07, 6.45) is 6.50. The predicted molar refractivity (Wildman–Crippen MR) is 89.0 cm³/mol. The van der Waals surface area contributed by atoms with Crippen LogP contribution in [0, 0.1) is 0 Å². The molecule has 1 amide bonds. The largest absolute Gasteiger partial charge is 0.484 e. The molecule has 0 spiro atoms. The van der Waals surface area contributed by atoms with Crippen molar-refractivity contribution in [1.82, 2.24) is 5.32 Å². The van der Waals surface area contributed by atoms with Gasteiger partial charge >= 0.3 is 0 Å². The van der Waals surface area contributed by atoms with E-state index in [4.69, 9.17) is 4.74 Å². The fourth-order valence-corrected chi connectivity index (χ4v) is 2.14. The van der Waals surface area contributed by atoms with Crippen LogP contribution in [-0.2, 0) is 10.2 Å². The van der Waals surface area contributed by atoms with Gasteiger partial charge in [-0.25, -0.2) is 10.0 Å². The van der Waals surface area contributed by atoms with Crippen molar-refractivity contribution in [2.24, 2.45) is 0 Å². The highest BCUT2D eigenvalue weighted by Gasteiger charge is 2.13. The first-order valence-electron chi connectivity index (χ1n) is 6.74. The molecule has 1 aromatic carbocycles. The first-order valence-corrected chi connectivity index (χ1v) is 9.77. The van der Waals surface area contributed by atoms with Crippen molar-refractivity contribution in [2.45, 2.75) is 26.2 Å². The fourth-order valence-electron chi connectivity index (χ4n) is 1.55. The zero-order valence-electron chi connectivity index (χ0n) is 13.4. The highest BCUT2D eigenvalue weighted by Crippen LogP contribution is 2.32. The van der Waals surface area contributed by atoms with Crippen LogP contribution in [0.2, 0.25) is 0 Å². The summed E-state index contributed by atoms with van der Waals surface area (Å²) in [6.45, 7) is 6.59. The summed E-state index contributed by atoms with van der Waals surface area (Å²) < 4.78 is 5.50. The Morgan fingerprint density at radius 1 is 1.15 bits per heavy atom. The van der Waals surface area contributed by atoms with Crippen LogP contribution in [0.3, 0.4) is 0 Å². The molecular weight excluding hydrogens is 270 g/mol. The van der Waals surface area contributed by atoms with Gasteiger partial charge in [-0.3, -0.25) is 4.79 Å². The Hall–Kier alpha value is -1.16. The van der Waals surface area contributed by atoms with Crippen LogP contribution in [0.5, 0.6) is 5.75 Å². The van der Waals surface area contributed by atoms with Gasteiger partial charge < -0.3 is 10.1 Å². The molecule has 1 rings (SSSR count). The number of hydrogen-bond donors (Lipinski definition) is 1. The normalized spacial score (nSPS) is 12.9. The molecule has 0 unspecified atom stereocenters. The third-order valence-corrected chi connectivity index (χ3v) is 3.80. The second kappa shape index (κ2) is 6.53. The minimum atomic E-state index is -0.712. The monoisotopic (exact) mass is 297 g/mol. The number of carbonyl (C=O) groups is 1. The van der Waals surface area contributed by atoms with Gasteiger partial charge in [-0.1, -0.05) is 32.9 Å². The molecule has 0 fully saturated rings. The highest BCUT2D eigenvalue weighted by atomic mass is 32.3. The molecule has 114 valence electrons. The van der Waals surface area contributed by atoms with Crippen LogP contribution in [0.15, 0.2) is 24.3 Å². The fraction of sp³-hybridized carbons (Fsp3) is 0.562. The van der Waals surface area contributed by atoms with Crippen LogP contribution in [0.25, 0.3) is 0 Å². The Bertz CT molecular complexity index is 441. The van der Waals surface area contributed by atoms with Crippen molar-refractivity contribution in [3.63, 3.8) is 0 Å². The summed E-state index contributed by atoms with van der Waals surface area (Å²) in [6, 6.07) is 7.94. The summed E-state index contributed by atoms with van der Waals surface area (Å²) in [5.41, 5.74) is 1.39. The lowest BCUT2D eigenvalue weighted by atomic mass is 9.87. The summed E-state index contributed by atoms with van der Waals surface area (Å²) in [4.78, 5) is 11.7. The lowest BCUT2D eigenvalue weighted by molar-refractivity contribution is -0.122. The number of hydrogen-bond acceptors (Lipinski definition) is 2. The van der Waals surface area contributed by atoms with E-state index >= 15 is 0 Å². The third kappa shape index (κ3) is 6.33. The number of carbonyl (C=O) groups excluding carboxylic acids is 1. The van der Waals surface area contributed by atoms with Gasteiger partial charge in [-0.2, -0.15) is 0 Å². The molecule has 1 N–H and O–H groups in total. The van der Waals surface area contributed by atoms with Crippen LogP contribution in [0.4, 0.5) is 0 Å². The molecule has 0 radical (unpaired) electrons. The molecule has 0 atom stereocenters. The van der Waals surface area contributed by atoms with Crippen molar-refractivity contribution < 1.29 is 9.53 Å². The molecular formula is C16H27NO2S. The molecule has 4 heteroatoms. The van der Waals surface area contributed by atoms with Gasteiger partial charge in [0, 0.05) is 5.88 Å². The first kappa shape index (κ1) is 16.9. The summed E-state index contributed by atoms with van der Waals surface area (Å²) in [7, 11) is -0.712. The minimum Gasteiger partial charge on any atom is -0.484 e. The topological polar surface area (TPSA) is 38.3 Å². The quantitative estimate of drug-likeness (QED) is 0.907. The maximum absolute atomic E-state index is 11.7. The molecule has 0 bridgehead atoms. The molecule has 0 aliphatic heterocycles. The number of amides is 1. The highest BCUT2D eigenvalue weighted by molar-refractivity contribution is 8.32. The number of rotatable bonds is 5. The van der Waals surface area contributed by atoms with Gasteiger partial charge in [0.15, 0.2) is 6.61 Å². The van der Waals surface area contributed by atoms with E-state index < -0.39 is 10.0 Å². The average molecular weight is 297 g/mol. The van der Waals surface area contributed by atoms with Crippen molar-refractivity contribution in [1.29, 1.82) is 0 Å². The van der Waals surface area contributed by atoms with Crippen LogP contribution >= 0.6 is 10.0 Å². The maximum Gasteiger partial charge on any atom is 0.258 e. The Morgan fingerprint density at radius 3 is 2.15 bits per heavy atom. The molecule has 0 aliphatic carbocycles. The van der Waals surface area contributed by atoms with E-state index in [0.717, 1.165) is 11.6 Å². The van der Waals surface area contributed by atoms with Gasteiger partial charge in [0.25, 0.3) is 5.91 Å². The summed E-state index contributed by atoms with van der Waals surface area (Å²) >= 11 is 0. The standard InChI is InChI=1S/C16H27NO2S/c1-16(2,3)13-7-9-14(10-8-13)19-11-15(18)17-12-20(4,5)6/h7-10H,11-12H2,1-6H3,(H,17,18). The average Bonchev–Trinajstić information content (AvgIpc) is 2.32. The van der Waals surface area contributed by atoms with E-state index in [1.807, 2.05) is 24.3 Å². The van der Waals surface area contributed by atoms with Crippen LogP contribution < -0.4 is 10.1 Å². The lowest BCUT2D eigenvalue weighted by Gasteiger charge is -2.25. The van der Waals surface area contributed by atoms with Crippen LogP contribution in [-0.4, -0.2) is 37.2 Å². The smallest absolute Gasteiger partial charge is 0.258 e. The van der Waals surface area contributed by atoms with E-state index in [2.05, 4.69) is 44.9 Å². The van der Waals surface area contributed by atoms with E-state index in [0.29, 0.717) is 0 Å². The molecule has 20 heavy (non-hydrogen) atoms. The van der Waals surface area contributed by atoms with Crippen molar-refractivity contribution in [2.75, 3.05) is 31.3 Å². The van der Waals surface area contributed by atoms with Gasteiger partial charge in [0.2, 0.25) is 0 Å². The van der Waals surface area contributed by atoms with E-state index in [-0.39, 0.29) is 17.9 Å². The molecule has 1 aromatic rings. The molecule has 0 aliphatic rings. The summed E-state index contributed by atoms with van der Waals surface area (Å²) in [5, 5.41) is 2.90. The zero-order chi connectivity index (χ0) is 15.4. The molecule has 0 heterocycles. The van der Waals surface area contributed by atoms with E-state index in [1.165, 1.54) is 5.56 Å². The van der Waals surface area contributed by atoms with Crippen molar-refractivity contribution >= 4 is 15.9 Å². The second-order valence-corrected chi connectivity index (χ2v) is 11.4. The van der Waals surface area contributed by atoms with Gasteiger partial charge in [-0.05, 0) is 41.9 Å². The Balaban J connectivity index is 2.44. The number of nitrogens with one attached hydrogen (secondary N) is 1. The SMILES string of the molecule is CC(C)(C)c1ccc(OCC(=O)NCS(C)(C)C)cc1. The second-order valence-electron chi connectivity index (χ2n) is 6.90. The molecule has 0 saturated carbocycles.